The van der Waals surface area contributed by atoms with Crippen molar-refractivity contribution in [2.75, 3.05) is 7.11 Å². The SMILES string of the molecule is C=C(C(=O)OC)c1ccccc1.C=C(C)C(=O)O.C=C(C)C(N)=O. The molecule has 0 unspecified atom stereocenters. The van der Waals surface area contributed by atoms with Gasteiger partial charge in [0.25, 0.3) is 0 Å². The van der Waals surface area contributed by atoms with E-state index < -0.39 is 11.9 Å². The lowest BCUT2D eigenvalue weighted by molar-refractivity contribution is -0.134. The van der Waals surface area contributed by atoms with Gasteiger partial charge in [0.1, 0.15) is 0 Å². The monoisotopic (exact) mass is 333 g/mol. The number of methoxy groups -OCH3 is 1. The van der Waals surface area contributed by atoms with Gasteiger partial charge in [0.2, 0.25) is 5.91 Å². The molecule has 0 spiro atoms. The normalized spacial score (nSPS) is 8.29. The number of amides is 1. The molecule has 0 aliphatic heterocycles. The molecule has 3 N–H and O–H groups in total. The van der Waals surface area contributed by atoms with Crippen LogP contribution in [-0.2, 0) is 19.1 Å². The Labute approximate surface area is 141 Å². The molecule has 0 aliphatic rings. The number of hydrogen-bond acceptors (Lipinski definition) is 4. The highest BCUT2D eigenvalue weighted by Gasteiger charge is 2.07. The van der Waals surface area contributed by atoms with E-state index in [4.69, 9.17) is 10.8 Å². The van der Waals surface area contributed by atoms with Gasteiger partial charge in [-0.2, -0.15) is 0 Å². The van der Waals surface area contributed by atoms with Gasteiger partial charge in [-0.1, -0.05) is 50.1 Å². The van der Waals surface area contributed by atoms with Gasteiger partial charge in [-0.3, -0.25) is 4.79 Å². The number of benzene rings is 1. The molecule has 0 bridgehead atoms. The van der Waals surface area contributed by atoms with Crippen LogP contribution in [0.15, 0.2) is 61.2 Å². The van der Waals surface area contributed by atoms with Gasteiger partial charge in [-0.15, -0.1) is 0 Å². The summed E-state index contributed by atoms with van der Waals surface area (Å²) in [7, 11) is 1.34. The first-order valence-corrected chi connectivity index (χ1v) is 6.71. The minimum atomic E-state index is -0.935. The van der Waals surface area contributed by atoms with Gasteiger partial charge >= 0.3 is 11.9 Å². The number of esters is 1. The van der Waals surface area contributed by atoms with Crippen LogP contribution < -0.4 is 5.73 Å². The maximum atomic E-state index is 11.0. The third-order valence-corrected chi connectivity index (χ3v) is 2.34. The van der Waals surface area contributed by atoms with Crippen molar-refractivity contribution in [3.05, 3.63) is 66.8 Å². The first kappa shape index (κ1) is 23.1. The molecule has 6 nitrogen and oxygen atoms in total. The molecule has 6 heteroatoms. The Bertz CT molecular complexity index is 570. The zero-order chi connectivity index (χ0) is 19.3. The van der Waals surface area contributed by atoms with E-state index in [1.54, 1.807) is 6.92 Å². The number of primary amides is 1. The van der Waals surface area contributed by atoms with Gasteiger partial charge in [0.05, 0.1) is 12.7 Å². The maximum absolute atomic E-state index is 11.0. The second-order valence-corrected chi connectivity index (χ2v) is 4.57. The van der Waals surface area contributed by atoms with E-state index in [2.05, 4.69) is 24.5 Å². The summed E-state index contributed by atoms with van der Waals surface area (Å²) < 4.78 is 4.53. The van der Waals surface area contributed by atoms with Gasteiger partial charge in [0, 0.05) is 11.1 Å². The predicted molar refractivity (Wildman–Crippen MR) is 94.0 cm³/mol. The van der Waals surface area contributed by atoms with Crippen molar-refractivity contribution in [1.29, 1.82) is 0 Å². The minimum absolute atomic E-state index is 0.176. The standard InChI is InChI=1S/C10H10O2.C4H7NO.C4H6O2/c1-8(10(11)12-2)9-6-4-3-5-7-9;2*1-3(2)4(5)6/h3-7H,1H2,2H3;1H2,2H3,(H2,5,6);1H2,2H3,(H,5,6). The van der Waals surface area contributed by atoms with Crippen molar-refractivity contribution in [3.8, 4) is 0 Å². The molecule has 1 aromatic carbocycles. The molecule has 0 aromatic heterocycles. The molecule has 0 fully saturated rings. The molecule has 24 heavy (non-hydrogen) atoms. The Kier molecular flexibility index (Phi) is 11.9. The first-order chi connectivity index (χ1) is 11.0. The van der Waals surface area contributed by atoms with Crippen LogP contribution >= 0.6 is 0 Å². The molecule has 0 aliphatic carbocycles. The number of rotatable bonds is 4. The minimum Gasteiger partial charge on any atom is -0.478 e. The Morgan fingerprint density at radius 3 is 1.62 bits per heavy atom. The summed E-state index contributed by atoms with van der Waals surface area (Å²) in [6.45, 7) is 13.1. The quantitative estimate of drug-likeness (QED) is 0.650. The summed E-state index contributed by atoms with van der Waals surface area (Å²) in [6.07, 6.45) is 0. The number of ether oxygens (including phenoxy) is 1. The largest absolute Gasteiger partial charge is 0.478 e. The lowest BCUT2D eigenvalue weighted by Gasteiger charge is -2.01. The summed E-state index contributed by atoms with van der Waals surface area (Å²) in [5, 5.41) is 7.89. The van der Waals surface area contributed by atoms with E-state index in [0.29, 0.717) is 11.1 Å². The van der Waals surface area contributed by atoms with E-state index in [1.165, 1.54) is 14.0 Å². The van der Waals surface area contributed by atoms with Crippen LogP contribution in [0.5, 0.6) is 0 Å². The molecule has 130 valence electrons. The van der Waals surface area contributed by atoms with E-state index in [0.717, 1.165) is 5.56 Å². The number of aliphatic carboxylic acids is 1. The van der Waals surface area contributed by atoms with E-state index in [9.17, 15) is 14.4 Å². The molecule has 0 saturated carbocycles. The van der Waals surface area contributed by atoms with Crippen LogP contribution in [0.4, 0.5) is 0 Å². The number of hydrogen-bond donors (Lipinski definition) is 2. The van der Waals surface area contributed by atoms with Crippen LogP contribution in [0.3, 0.4) is 0 Å². The van der Waals surface area contributed by atoms with Gasteiger partial charge in [0.15, 0.2) is 0 Å². The van der Waals surface area contributed by atoms with Crippen LogP contribution in [0.2, 0.25) is 0 Å². The van der Waals surface area contributed by atoms with E-state index >= 15 is 0 Å². The van der Waals surface area contributed by atoms with Crippen LogP contribution in [0.25, 0.3) is 5.57 Å². The van der Waals surface area contributed by atoms with Crippen LogP contribution in [0.1, 0.15) is 19.4 Å². The molecule has 0 saturated heterocycles. The van der Waals surface area contributed by atoms with Crippen LogP contribution in [-0.4, -0.2) is 30.1 Å². The lowest BCUT2D eigenvalue weighted by Crippen LogP contribution is -2.10. The third-order valence-electron chi connectivity index (χ3n) is 2.34. The molecular formula is C18H23NO5. The Balaban J connectivity index is 0. The molecular weight excluding hydrogens is 310 g/mol. The molecule has 1 aromatic rings. The second-order valence-electron chi connectivity index (χ2n) is 4.57. The summed E-state index contributed by atoms with van der Waals surface area (Å²) in [6, 6.07) is 9.22. The predicted octanol–water partition coefficient (Wildman–Crippen LogP) is 2.57. The average molecular weight is 333 g/mol. The Morgan fingerprint density at radius 2 is 1.38 bits per heavy atom. The summed E-state index contributed by atoms with van der Waals surface area (Å²) in [5.74, 6) is -1.76. The second kappa shape index (κ2) is 12.4. The summed E-state index contributed by atoms with van der Waals surface area (Å²) in [5.41, 5.74) is 6.45. The molecule has 0 heterocycles. The molecule has 1 amide bonds. The van der Waals surface area contributed by atoms with Gasteiger partial charge < -0.3 is 15.6 Å². The summed E-state index contributed by atoms with van der Waals surface area (Å²) in [4.78, 5) is 30.4. The van der Waals surface area contributed by atoms with Crippen molar-refractivity contribution in [3.63, 3.8) is 0 Å². The van der Waals surface area contributed by atoms with Crippen molar-refractivity contribution >= 4 is 23.4 Å². The average Bonchev–Trinajstić information content (AvgIpc) is 2.55. The highest BCUT2D eigenvalue weighted by molar-refractivity contribution is 6.15. The number of carbonyl (C=O) groups is 3. The zero-order valence-corrected chi connectivity index (χ0v) is 14.2. The van der Waals surface area contributed by atoms with E-state index in [-0.39, 0.29) is 11.5 Å². The van der Waals surface area contributed by atoms with Gasteiger partial charge in [-0.05, 0) is 19.4 Å². The fourth-order valence-electron chi connectivity index (χ4n) is 0.880. The number of carboxylic acids is 1. The van der Waals surface area contributed by atoms with E-state index in [1.807, 2.05) is 30.3 Å². The Morgan fingerprint density at radius 1 is 1.00 bits per heavy atom. The first-order valence-electron chi connectivity index (χ1n) is 6.71. The number of nitrogens with two attached hydrogens (primary N) is 1. The zero-order valence-electron chi connectivity index (χ0n) is 14.2. The van der Waals surface area contributed by atoms with Crippen molar-refractivity contribution in [2.24, 2.45) is 5.73 Å². The fraction of sp³-hybridized carbons (Fsp3) is 0.167. The number of carboxylic acid groups (broad SMARTS) is 1. The maximum Gasteiger partial charge on any atom is 0.337 e. The summed E-state index contributed by atoms with van der Waals surface area (Å²) >= 11 is 0. The van der Waals surface area contributed by atoms with Crippen molar-refractivity contribution < 1.29 is 24.2 Å². The number of carbonyl (C=O) groups excluding carboxylic acids is 2. The highest BCUT2D eigenvalue weighted by Crippen LogP contribution is 2.12. The highest BCUT2D eigenvalue weighted by atomic mass is 16.5. The molecule has 1 rings (SSSR count). The van der Waals surface area contributed by atoms with Crippen molar-refractivity contribution in [2.45, 2.75) is 13.8 Å². The fourth-order valence-corrected chi connectivity index (χ4v) is 0.880. The van der Waals surface area contributed by atoms with Crippen LogP contribution in [0, 0.1) is 0 Å². The van der Waals surface area contributed by atoms with Crippen molar-refractivity contribution in [1.82, 2.24) is 0 Å². The Hall–Kier alpha value is -3.15. The lowest BCUT2D eigenvalue weighted by atomic mass is 10.1. The third kappa shape index (κ3) is 11.5. The molecule has 0 atom stereocenters. The van der Waals surface area contributed by atoms with Gasteiger partial charge in [-0.25, -0.2) is 9.59 Å². The molecule has 0 radical (unpaired) electrons. The topological polar surface area (TPSA) is 107 Å². The smallest absolute Gasteiger partial charge is 0.337 e.